The van der Waals surface area contributed by atoms with Gasteiger partial charge in [0.25, 0.3) is 0 Å². The molecule has 22 heavy (non-hydrogen) atoms. The Morgan fingerprint density at radius 2 is 2.09 bits per heavy atom. The van der Waals surface area contributed by atoms with Crippen LogP contribution in [0, 0.1) is 0 Å². The van der Waals surface area contributed by atoms with Gasteiger partial charge in [-0.25, -0.2) is 9.97 Å². The number of hydrogen-bond donors (Lipinski definition) is 4. The highest BCUT2D eigenvalue weighted by Crippen LogP contribution is 2.34. The van der Waals surface area contributed by atoms with Crippen LogP contribution >= 0.6 is 0 Å². The Bertz CT molecular complexity index is 678. The van der Waals surface area contributed by atoms with Gasteiger partial charge in [-0.1, -0.05) is 0 Å². The second kappa shape index (κ2) is 5.26. The van der Waals surface area contributed by atoms with Crippen LogP contribution < -0.4 is 16.4 Å². The molecule has 0 aromatic carbocycles. The minimum Gasteiger partial charge on any atom is -0.480 e. The Hall–Kier alpha value is -2.68. The summed E-state index contributed by atoms with van der Waals surface area (Å²) in [5, 5.41) is 15.9. The number of hydrogen-bond acceptors (Lipinski definition) is 7. The molecular formula is C13H17N7O2. The summed E-state index contributed by atoms with van der Waals surface area (Å²) in [6.07, 6.45) is 5.45. The van der Waals surface area contributed by atoms with Crippen LogP contribution in [-0.4, -0.2) is 49.9 Å². The van der Waals surface area contributed by atoms with Gasteiger partial charge < -0.3 is 21.5 Å². The van der Waals surface area contributed by atoms with Crippen molar-refractivity contribution in [3.05, 3.63) is 18.7 Å². The van der Waals surface area contributed by atoms with E-state index in [1.807, 2.05) is 4.90 Å². The molecule has 2 aromatic rings. The number of carboxylic acids is 1. The number of aliphatic carboxylic acids is 1. The zero-order valence-corrected chi connectivity index (χ0v) is 11.9. The fourth-order valence-corrected chi connectivity index (χ4v) is 2.63. The number of nitrogens with two attached hydrogens (primary N) is 2. The molecule has 0 bridgehead atoms. The van der Waals surface area contributed by atoms with Gasteiger partial charge in [0.1, 0.15) is 23.5 Å². The fourth-order valence-electron chi connectivity index (χ4n) is 2.63. The maximum atomic E-state index is 11.2. The lowest BCUT2D eigenvalue weighted by Gasteiger charge is -2.37. The topological polar surface area (TPSA) is 147 Å². The van der Waals surface area contributed by atoms with Crippen molar-refractivity contribution in [1.29, 1.82) is 0 Å². The summed E-state index contributed by atoms with van der Waals surface area (Å²) < 4.78 is 0. The third kappa shape index (κ3) is 2.35. The van der Waals surface area contributed by atoms with Crippen LogP contribution in [0.15, 0.2) is 18.7 Å². The van der Waals surface area contributed by atoms with Crippen LogP contribution in [0.5, 0.6) is 0 Å². The molecule has 0 aliphatic carbocycles. The van der Waals surface area contributed by atoms with E-state index >= 15 is 0 Å². The van der Waals surface area contributed by atoms with Crippen LogP contribution in [0.3, 0.4) is 0 Å². The molecule has 1 saturated heterocycles. The van der Waals surface area contributed by atoms with Gasteiger partial charge in [-0.05, 0) is 12.8 Å². The van der Waals surface area contributed by atoms with E-state index in [9.17, 15) is 9.90 Å². The molecule has 0 unspecified atom stereocenters. The molecule has 3 rings (SSSR count). The van der Waals surface area contributed by atoms with E-state index in [0.29, 0.717) is 43.1 Å². The van der Waals surface area contributed by atoms with Crippen molar-refractivity contribution in [2.75, 3.05) is 23.7 Å². The van der Waals surface area contributed by atoms with Crippen molar-refractivity contribution in [3.63, 3.8) is 0 Å². The van der Waals surface area contributed by atoms with Crippen LogP contribution in [0.1, 0.15) is 12.8 Å². The van der Waals surface area contributed by atoms with E-state index in [0.717, 1.165) is 5.56 Å². The molecule has 9 nitrogen and oxygen atoms in total. The molecular weight excluding hydrogens is 286 g/mol. The van der Waals surface area contributed by atoms with Crippen molar-refractivity contribution in [2.45, 2.75) is 18.4 Å². The normalized spacial score (nSPS) is 17.4. The molecule has 0 amide bonds. The summed E-state index contributed by atoms with van der Waals surface area (Å²) in [7, 11) is 0. The van der Waals surface area contributed by atoms with Crippen molar-refractivity contribution >= 4 is 17.6 Å². The van der Waals surface area contributed by atoms with Crippen molar-refractivity contribution in [1.82, 2.24) is 20.2 Å². The first-order valence-electron chi connectivity index (χ1n) is 6.88. The lowest BCUT2D eigenvalue weighted by atomic mass is 9.88. The summed E-state index contributed by atoms with van der Waals surface area (Å²) in [5.74, 6) is 0.0555. The van der Waals surface area contributed by atoms with Gasteiger partial charge in [0.2, 0.25) is 0 Å². The van der Waals surface area contributed by atoms with Gasteiger partial charge >= 0.3 is 5.97 Å². The Kier molecular flexibility index (Phi) is 3.41. The fraction of sp³-hybridized carbons (Fsp3) is 0.385. The minimum absolute atomic E-state index is 0.344. The maximum absolute atomic E-state index is 11.2. The molecule has 116 valence electrons. The molecule has 1 fully saturated rings. The average molecular weight is 303 g/mol. The second-order valence-electron chi connectivity index (χ2n) is 5.39. The van der Waals surface area contributed by atoms with E-state index in [2.05, 4.69) is 20.2 Å². The number of piperidine rings is 1. The van der Waals surface area contributed by atoms with Crippen LogP contribution in [0.25, 0.3) is 11.1 Å². The first-order chi connectivity index (χ1) is 10.5. The van der Waals surface area contributed by atoms with Crippen molar-refractivity contribution in [2.24, 2.45) is 5.73 Å². The molecule has 0 radical (unpaired) electrons. The summed E-state index contributed by atoms with van der Waals surface area (Å²) in [4.78, 5) is 21.5. The number of anilines is 2. The molecule has 2 aromatic heterocycles. The maximum Gasteiger partial charge on any atom is 0.323 e. The number of aromatic amines is 1. The summed E-state index contributed by atoms with van der Waals surface area (Å²) in [5.41, 5.74) is 12.2. The number of nitrogens with zero attached hydrogens (tertiary/aromatic N) is 4. The summed E-state index contributed by atoms with van der Waals surface area (Å²) >= 11 is 0. The monoisotopic (exact) mass is 303 g/mol. The lowest BCUT2D eigenvalue weighted by molar-refractivity contribution is -0.144. The molecule has 3 heterocycles. The first kappa shape index (κ1) is 14.3. The molecule has 0 atom stereocenters. The Balaban J connectivity index is 1.91. The van der Waals surface area contributed by atoms with Crippen LogP contribution in [-0.2, 0) is 4.79 Å². The SMILES string of the molecule is Nc1ncnc(N2CCC(N)(C(=O)O)CC2)c1-c1cn[nH]c1. The molecule has 0 spiro atoms. The number of rotatable bonds is 3. The predicted octanol–water partition coefficient (Wildman–Crippen LogP) is -0.169. The third-order valence-electron chi connectivity index (χ3n) is 4.02. The van der Waals surface area contributed by atoms with E-state index in [-0.39, 0.29) is 0 Å². The van der Waals surface area contributed by atoms with E-state index in [1.165, 1.54) is 6.33 Å². The Labute approximate surface area is 126 Å². The highest BCUT2D eigenvalue weighted by Gasteiger charge is 2.38. The quantitative estimate of drug-likeness (QED) is 0.611. The molecule has 6 N–H and O–H groups in total. The van der Waals surface area contributed by atoms with E-state index < -0.39 is 11.5 Å². The number of carbonyl (C=O) groups is 1. The number of nitrogens with one attached hydrogen (secondary N) is 1. The van der Waals surface area contributed by atoms with Gasteiger partial charge in [-0.15, -0.1) is 0 Å². The molecule has 0 saturated carbocycles. The highest BCUT2D eigenvalue weighted by atomic mass is 16.4. The second-order valence-corrected chi connectivity index (χ2v) is 5.39. The number of carboxylic acid groups (broad SMARTS) is 1. The number of aromatic nitrogens is 4. The summed E-state index contributed by atoms with van der Waals surface area (Å²) in [6, 6.07) is 0. The van der Waals surface area contributed by atoms with E-state index in [4.69, 9.17) is 11.5 Å². The average Bonchev–Trinajstić information content (AvgIpc) is 3.01. The van der Waals surface area contributed by atoms with Gasteiger partial charge in [0, 0.05) is 24.8 Å². The summed E-state index contributed by atoms with van der Waals surface area (Å²) in [6.45, 7) is 0.980. The molecule has 9 heteroatoms. The van der Waals surface area contributed by atoms with Gasteiger partial charge in [0.05, 0.1) is 11.8 Å². The Morgan fingerprint density at radius 3 is 2.68 bits per heavy atom. The van der Waals surface area contributed by atoms with E-state index in [1.54, 1.807) is 12.4 Å². The van der Waals surface area contributed by atoms with Crippen molar-refractivity contribution < 1.29 is 9.90 Å². The van der Waals surface area contributed by atoms with Gasteiger partial charge in [0.15, 0.2) is 0 Å². The molecule has 1 aliphatic heterocycles. The first-order valence-corrected chi connectivity index (χ1v) is 6.88. The van der Waals surface area contributed by atoms with Crippen molar-refractivity contribution in [3.8, 4) is 11.1 Å². The predicted molar refractivity (Wildman–Crippen MR) is 80.0 cm³/mol. The van der Waals surface area contributed by atoms with Crippen LogP contribution in [0.2, 0.25) is 0 Å². The van der Waals surface area contributed by atoms with Gasteiger partial charge in [-0.3, -0.25) is 9.89 Å². The minimum atomic E-state index is -1.18. The van der Waals surface area contributed by atoms with Gasteiger partial charge in [-0.2, -0.15) is 5.10 Å². The lowest BCUT2D eigenvalue weighted by Crippen LogP contribution is -2.55. The third-order valence-corrected chi connectivity index (χ3v) is 4.02. The highest BCUT2D eigenvalue weighted by molar-refractivity contribution is 5.84. The van der Waals surface area contributed by atoms with Crippen LogP contribution in [0.4, 0.5) is 11.6 Å². The zero-order chi connectivity index (χ0) is 15.7. The Morgan fingerprint density at radius 1 is 1.36 bits per heavy atom. The number of H-pyrrole nitrogens is 1. The largest absolute Gasteiger partial charge is 0.480 e. The molecule has 1 aliphatic rings. The standard InChI is InChI=1S/C13H17N7O2/c14-10-9(8-5-18-19-6-8)11(17-7-16-10)20-3-1-13(15,2-4-20)12(21)22/h5-7H,1-4,15H2,(H,18,19)(H,21,22)(H2,14,16,17). The smallest absolute Gasteiger partial charge is 0.323 e. The zero-order valence-electron chi connectivity index (χ0n) is 11.9. The number of nitrogen functional groups attached to an aromatic ring is 1.